The van der Waals surface area contributed by atoms with Crippen molar-refractivity contribution in [3.63, 3.8) is 0 Å². The number of aromatic nitrogens is 2. The molecule has 0 aliphatic heterocycles. The van der Waals surface area contributed by atoms with Crippen LogP contribution in [0.3, 0.4) is 0 Å². The van der Waals surface area contributed by atoms with Gasteiger partial charge in [-0.05, 0) is 30.0 Å². The summed E-state index contributed by atoms with van der Waals surface area (Å²) in [6.45, 7) is 7.43. The first-order valence-corrected chi connectivity index (χ1v) is 8.40. The Morgan fingerprint density at radius 3 is 2.80 bits per heavy atom. The van der Waals surface area contributed by atoms with Gasteiger partial charge in [0.15, 0.2) is 5.78 Å². The third-order valence-electron chi connectivity index (χ3n) is 4.70. The van der Waals surface area contributed by atoms with Gasteiger partial charge in [0.2, 0.25) is 5.69 Å². The second-order valence-corrected chi connectivity index (χ2v) is 6.28. The Morgan fingerprint density at radius 2 is 2.00 bits per heavy atom. The molecule has 0 saturated carbocycles. The first-order chi connectivity index (χ1) is 12.3. The highest BCUT2D eigenvalue weighted by Crippen LogP contribution is 2.37. The van der Waals surface area contributed by atoms with Crippen LogP contribution < -0.4 is 0 Å². The number of benzene rings is 1. The zero-order valence-corrected chi connectivity index (χ0v) is 13.7. The van der Waals surface area contributed by atoms with Crippen LogP contribution in [0, 0.1) is 6.57 Å². The zero-order valence-electron chi connectivity index (χ0n) is 13.7. The summed E-state index contributed by atoms with van der Waals surface area (Å²) in [5.74, 6) is 0.202. The van der Waals surface area contributed by atoms with Crippen molar-refractivity contribution in [1.82, 2.24) is 9.97 Å². The van der Waals surface area contributed by atoms with E-state index in [0.29, 0.717) is 18.5 Å². The fourth-order valence-corrected chi connectivity index (χ4v) is 3.56. The second-order valence-electron chi connectivity index (χ2n) is 6.28. The largest absolute Gasteiger partial charge is 0.359 e. The number of H-pyrrole nitrogens is 1. The maximum atomic E-state index is 12.6. The van der Waals surface area contributed by atoms with E-state index in [0.717, 1.165) is 46.5 Å². The molecule has 0 unspecified atom stereocenters. The van der Waals surface area contributed by atoms with Crippen molar-refractivity contribution in [3.8, 4) is 11.3 Å². The maximum Gasteiger partial charge on any atom is 0.214 e. The smallest absolute Gasteiger partial charge is 0.214 e. The molecule has 4 nitrogen and oxygen atoms in total. The van der Waals surface area contributed by atoms with Crippen LogP contribution in [0.5, 0.6) is 0 Å². The minimum Gasteiger partial charge on any atom is -0.359 e. The fraction of sp³-hybridized carbons (Fsp3) is 0.190. The first-order valence-electron chi connectivity index (χ1n) is 8.40. The summed E-state index contributed by atoms with van der Waals surface area (Å²) >= 11 is 0. The molecule has 0 amide bonds. The van der Waals surface area contributed by atoms with Crippen LogP contribution in [-0.4, -0.2) is 15.8 Å². The number of pyridine rings is 1. The number of aryl methyl sites for hydroxylation is 1. The van der Waals surface area contributed by atoms with Crippen molar-refractivity contribution in [2.75, 3.05) is 0 Å². The summed E-state index contributed by atoms with van der Waals surface area (Å²) in [6, 6.07) is 12.0. The number of carbonyl (C=O) groups is 1. The van der Waals surface area contributed by atoms with E-state index in [-0.39, 0.29) is 5.78 Å². The van der Waals surface area contributed by atoms with E-state index in [1.165, 1.54) is 0 Å². The Labute approximate surface area is 146 Å². The van der Waals surface area contributed by atoms with Gasteiger partial charge < -0.3 is 4.98 Å². The van der Waals surface area contributed by atoms with E-state index in [9.17, 15) is 4.79 Å². The Hall–Kier alpha value is -3.19. The number of hydrogen-bond donors (Lipinski definition) is 1. The molecule has 4 rings (SSSR count). The molecule has 122 valence electrons. The van der Waals surface area contributed by atoms with Crippen molar-refractivity contribution in [1.29, 1.82) is 0 Å². The molecule has 1 aromatic carbocycles. The highest BCUT2D eigenvalue weighted by atomic mass is 16.1. The highest BCUT2D eigenvalue weighted by molar-refractivity contribution is 6.02. The lowest BCUT2D eigenvalue weighted by Gasteiger charge is -2.12. The van der Waals surface area contributed by atoms with E-state index < -0.39 is 0 Å². The molecule has 0 spiro atoms. The van der Waals surface area contributed by atoms with Crippen LogP contribution >= 0.6 is 0 Å². The summed E-state index contributed by atoms with van der Waals surface area (Å²) < 4.78 is 0. The van der Waals surface area contributed by atoms with Gasteiger partial charge in [-0.1, -0.05) is 30.3 Å². The van der Waals surface area contributed by atoms with Crippen molar-refractivity contribution in [3.05, 3.63) is 82.6 Å². The molecule has 0 atom stereocenters. The molecule has 2 heterocycles. The van der Waals surface area contributed by atoms with Crippen LogP contribution in [0.25, 0.3) is 16.1 Å². The van der Waals surface area contributed by atoms with Gasteiger partial charge in [-0.3, -0.25) is 9.78 Å². The lowest BCUT2D eigenvalue weighted by atomic mass is 9.89. The maximum absolute atomic E-state index is 12.6. The van der Waals surface area contributed by atoms with Crippen LogP contribution in [0.15, 0.2) is 48.8 Å². The van der Waals surface area contributed by atoms with Crippen LogP contribution in [0.2, 0.25) is 0 Å². The average molecular weight is 327 g/mol. The van der Waals surface area contributed by atoms with Gasteiger partial charge in [0.1, 0.15) is 0 Å². The molecule has 0 fully saturated rings. The molecular weight excluding hydrogens is 310 g/mol. The molecule has 0 saturated heterocycles. The average Bonchev–Trinajstić information content (AvgIpc) is 3.02. The number of nitrogens with one attached hydrogen (secondary N) is 1. The van der Waals surface area contributed by atoms with E-state index in [1.54, 1.807) is 12.4 Å². The van der Waals surface area contributed by atoms with Crippen LogP contribution in [0.4, 0.5) is 5.69 Å². The fourth-order valence-electron chi connectivity index (χ4n) is 3.56. The Kier molecular flexibility index (Phi) is 3.91. The Bertz CT molecular complexity index is 980. The third kappa shape index (κ3) is 2.74. The molecule has 0 bridgehead atoms. The molecule has 0 radical (unpaired) electrons. The molecular formula is C21H17N3O. The summed E-state index contributed by atoms with van der Waals surface area (Å²) in [4.78, 5) is 23.7. The molecule has 25 heavy (non-hydrogen) atoms. The Balaban J connectivity index is 1.92. The Morgan fingerprint density at radius 1 is 1.16 bits per heavy atom. The van der Waals surface area contributed by atoms with Gasteiger partial charge >= 0.3 is 0 Å². The number of ketones is 1. The number of hydrogen-bond acceptors (Lipinski definition) is 2. The molecule has 1 aliphatic carbocycles. The second kappa shape index (κ2) is 6.37. The normalized spacial score (nSPS) is 13.3. The minimum absolute atomic E-state index is 0.202. The minimum atomic E-state index is 0.202. The van der Waals surface area contributed by atoms with Gasteiger partial charge in [-0.2, -0.15) is 0 Å². The quantitative estimate of drug-likeness (QED) is 0.707. The number of rotatable bonds is 3. The van der Waals surface area contributed by atoms with Crippen LogP contribution in [0.1, 0.15) is 40.0 Å². The van der Waals surface area contributed by atoms with E-state index in [4.69, 9.17) is 6.57 Å². The van der Waals surface area contributed by atoms with Gasteiger partial charge in [-0.25, -0.2) is 4.85 Å². The molecule has 2 aromatic heterocycles. The number of aromatic amines is 1. The number of fused-ring (bicyclic) bond motifs is 1. The predicted molar refractivity (Wildman–Crippen MR) is 96.8 cm³/mol. The molecule has 1 aliphatic rings. The lowest BCUT2D eigenvalue weighted by Crippen LogP contribution is -2.11. The number of Topliss-reactive ketones (excluding diaryl/α,β-unsaturated/α-hetero) is 1. The SMILES string of the molecule is [C-]#[N+]c1cnccc1-c1[nH]c2c(c1Cc1ccccc1)C(=O)CCC2. The van der Waals surface area contributed by atoms with Crippen LogP contribution in [-0.2, 0) is 12.8 Å². The van der Waals surface area contributed by atoms with E-state index >= 15 is 0 Å². The van der Waals surface area contributed by atoms with Crippen molar-refractivity contribution >= 4 is 11.5 Å². The molecule has 3 aromatic rings. The number of nitrogens with zero attached hydrogens (tertiary/aromatic N) is 2. The standard InChI is InChI=1S/C21H17N3O/c1-22-18-13-23-11-10-15(18)21-16(12-14-6-3-2-4-7-14)20-17(24-21)8-5-9-19(20)25/h2-4,6-7,10-11,13,24H,5,8-9,12H2. The lowest BCUT2D eigenvalue weighted by molar-refractivity contribution is 0.0971. The predicted octanol–water partition coefficient (Wildman–Crippen LogP) is 4.74. The first kappa shape index (κ1) is 15.3. The zero-order chi connectivity index (χ0) is 17.2. The monoisotopic (exact) mass is 327 g/mol. The topological polar surface area (TPSA) is 50.1 Å². The summed E-state index contributed by atoms with van der Waals surface area (Å²) in [5.41, 5.74) is 6.20. The van der Waals surface area contributed by atoms with E-state index in [1.807, 2.05) is 24.3 Å². The molecule has 4 heteroatoms. The van der Waals surface area contributed by atoms with Crippen molar-refractivity contribution < 1.29 is 4.79 Å². The van der Waals surface area contributed by atoms with Gasteiger partial charge in [0.05, 0.1) is 6.57 Å². The van der Waals surface area contributed by atoms with Gasteiger partial charge in [-0.15, -0.1) is 0 Å². The summed E-state index contributed by atoms with van der Waals surface area (Å²) in [7, 11) is 0. The molecule has 1 N–H and O–H groups in total. The summed E-state index contributed by atoms with van der Waals surface area (Å²) in [5, 5.41) is 0. The van der Waals surface area contributed by atoms with Gasteiger partial charge in [0, 0.05) is 47.8 Å². The van der Waals surface area contributed by atoms with Crippen molar-refractivity contribution in [2.24, 2.45) is 0 Å². The number of carbonyl (C=O) groups excluding carboxylic acids is 1. The van der Waals surface area contributed by atoms with E-state index in [2.05, 4.69) is 26.9 Å². The third-order valence-corrected chi connectivity index (χ3v) is 4.70. The van der Waals surface area contributed by atoms with Crippen molar-refractivity contribution in [2.45, 2.75) is 25.7 Å². The highest BCUT2D eigenvalue weighted by Gasteiger charge is 2.27. The van der Waals surface area contributed by atoms with Gasteiger partial charge in [0.25, 0.3) is 0 Å². The summed E-state index contributed by atoms with van der Waals surface area (Å²) in [6.07, 6.45) is 6.30.